The van der Waals surface area contributed by atoms with Crippen molar-refractivity contribution in [2.75, 3.05) is 0 Å². The Morgan fingerprint density at radius 1 is 1.38 bits per heavy atom. The van der Waals surface area contributed by atoms with E-state index in [0.717, 1.165) is 11.1 Å². The summed E-state index contributed by atoms with van der Waals surface area (Å²) in [5.41, 5.74) is 2.80. The third-order valence-corrected chi connectivity index (χ3v) is 5.20. The Hall–Kier alpha value is -1.90. The maximum atomic E-state index is 12.6. The fourth-order valence-corrected chi connectivity index (χ4v) is 3.56. The predicted octanol–water partition coefficient (Wildman–Crippen LogP) is 4.56. The average molecular weight is 328 g/mol. The third-order valence-electron chi connectivity index (χ3n) is 5.20. The average Bonchev–Trinajstić information content (AvgIpc) is 2.90. The maximum absolute atomic E-state index is 12.6. The smallest absolute Gasteiger partial charge is 0.310 e. The lowest BCUT2D eigenvalue weighted by Gasteiger charge is -2.13. The molecule has 0 N–H and O–H groups in total. The number of carbonyl (C=O) groups excluding carboxylic acids is 2. The van der Waals surface area contributed by atoms with Gasteiger partial charge in [-0.2, -0.15) is 0 Å². The zero-order chi connectivity index (χ0) is 18.1. The van der Waals surface area contributed by atoms with E-state index in [4.69, 9.17) is 4.74 Å². The minimum Gasteiger partial charge on any atom is -0.457 e. The molecule has 0 aliphatic heterocycles. The normalized spacial score (nSPS) is 28.2. The van der Waals surface area contributed by atoms with Crippen molar-refractivity contribution in [3.63, 3.8) is 0 Å². The molecule has 24 heavy (non-hydrogen) atoms. The summed E-state index contributed by atoms with van der Waals surface area (Å²) in [6.45, 7) is 13.8. The fraction of sp³-hybridized carbons (Fsp3) is 0.524. The molecule has 0 heterocycles. The zero-order valence-electron chi connectivity index (χ0n) is 15.4. The first-order valence-electron chi connectivity index (χ1n) is 8.56. The molecule has 3 atom stereocenters. The Balaban J connectivity index is 2.05. The Labute approximate surface area is 145 Å². The molecular formula is C21H28O3. The van der Waals surface area contributed by atoms with E-state index >= 15 is 0 Å². The van der Waals surface area contributed by atoms with Crippen LogP contribution in [0.15, 0.2) is 47.6 Å². The lowest BCUT2D eigenvalue weighted by molar-refractivity contribution is -0.150. The van der Waals surface area contributed by atoms with Crippen molar-refractivity contribution in [1.82, 2.24) is 0 Å². The summed E-state index contributed by atoms with van der Waals surface area (Å²) >= 11 is 0. The van der Waals surface area contributed by atoms with Gasteiger partial charge in [0.25, 0.3) is 0 Å². The van der Waals surface area contributed by atoms with Gasteiger partial charge in [0.2, 0.25) is 0 Å². The number of carbonyl (C=O) groups is 2. The van der Waals surface area contributed by atoms with Crippen molar-refractivity contribution in [3.8, 4) is 0 Å². The van der Waals surface area contributed by atoms with Crippen LogP contribution in [0, 0.1) is 17.3 Å². The molecule has 0 aromatic rings. The van der Waals surface area contributed by atoms with Gasteiger partial charge in [-0.25, -0.2) is 0 Å². The van der Waals surface area contributed by atoms with Crippen LogP contribution >= 0.6 is 0 Å². The minimum absolute atomic E-state index is 0.0654. The van der Waals surface area contributed by atoms with Gasteiger partial charge in [0.15, 0.2) is 5.78 Å². The molecule has 1 saturated carbocycles. The summed E-state index contributed by atoms with van der Waals surface area (Å²) in [6, 6.07) is 0. The van der Waals surface area contributed by atoms with Gasteiger partial charge < -0.3 is 4.74 Å². The number of hydrogen-bond donors (Lipinski definition) is 0. The van der Waals surface area contributed by atoms with Crippen molar-refractivity contribution in [2.24, 2.45) is 17.3 Å². The molecular weight excluding hydrogens is 300 g/mol. The number of ether oxygens (including phenoxy) is 1. The van der Waals surface area contributed by atoms with Gasteiger partial charge in [-0.15, -0.1) is 0 Å². The SMILES string of the molecule is C=C/C=C/CC1=C(C)[C@H](OC(=O)[C@@H]2[C@H](C=C(C)C)C2(C)C)CC1=O. The molecule has 2 rings (SSSR count). The van der Waals surface area contributed by atoms with Gasteiger partial charge in [0.1, 0.15) is 6.10 Å². The van der Waals surface area contributed by atoms with Crippen molar-refractivity contribution in [2.45, 2.75) is 53.6 Å². The fourth-order valence-electron chi connectivity index (χ4n) is 3.56. The van der Waals surface area contributed by atoms with Crippen LogP contribution < -0.4 is 0 Å². The van der Waals surface area contributed by atoms with Crippen molar-refractivity contribution < 1.29 is 14.3 Å². The monoisotopic (exact) mass is 328 g/mol. The molecule has 0 aromatic heterocycles. The molecule has 2 aliphatic carbocycles. The quantitative estimate of drug-likeness (QED) is 0.408. The summed E-state index contributed by atoms with van der Waals surface area (Å²) in [4.78, 5) is 24.8. The molecule has 3 nitrogen and oxygen atoms in total. The van der Waals surface area contributed by atoms with Crippen LogP contribution in [0.4, 0.5) is 0 Å². The summed E-state index contributed by atoms with van der Waals surface area (Å²) in [6.07, 6.45) is 8.01. The Bertz CT molecular complexity index is 642. The standard InChI is InChI=1S/C21H28O3/c1-7-8-9-10-15-14(4)18(12-17(15)22)24-20(23)19-16(11-13(2)3)21(19,5)6/h7-9,11,16,18-19H,1,10,12H2,2-6H3/b9-8+/t16-,18+,19-/m0/s1. The maximum Gasteiger partial charge on any atom is 0.310 e. The van der Waals surface area contributed by atoms with Crippen LogP contribution in [0.1, 0.15) is 47.5 Å². The van der Waals surface area contributed by atoms with Gasteiger partial charge >= 0.3 is 5.97 Å². The summed E-state index contributed by atoms with van der Waals surface area (Å²) in [5, 5.41) is 0. The summed E-state index contributed by atoms with van der Waals surface area (Å²) < 4.78 is 5.71. The highest BCUT2D eigenvalue weighted by molar-refractivity contribution is 6.00. The Morgan fingerprint density at radius 2 is 2.04 bits per heavy atom. The van der Waals surface area contributed by atoms with Crippen molar-refractivity contribution in [1.29, 1.82) is 0 Å². The minimum atomic E-state index is -0.402. The van der Waals surface area contributed by atoms with Crippen LogP contribution in [-0.2, 0) is 14.3 Å². The first kappa shape index (κ1) is 18.4. The lowest BCUT2D eigenvalue weighted by Crippen LogP contribution is -2.20. The second kappa shape index (κ2) is 6.92. The highest BCUT2D eigenvalue weighted by Gasteiger charge is 2.61. The highest BCUT2D eigenvalue weighted by atomic mass is 16.5. The zero-order valence-corrected chi connectivity index (χ0v) is 15.4. The molecule has 0 aromatic carbocycles. The number of esters is 1. The van der Waals surface area contributed by atoms with Crippen molar-refractivity contribution >= 4 is 11.8 Å². The van der Waals surface area contributed by atoms with Crippen LogP contribution in [0.2, 0.25) is 0 Å². The third kappa shape index (κ3) is 3.61. The Kier molecular flexibility index (Phi) is 5.32. The number of allylic oxidation sites excluding steroid dienone is 6. The second-order valence-electron chi connectivity index (χ2n) is 7.65. The van der Waals surface area contributed by atoms with E-state index in [1.165, 1.54) is 5.57 Å². The first-order chi connectivity index (χ1) is 11.2. The van der Waals surface area contributed by atoms with E-state index in [-0.39, 0.29) is 35.4 Å². The van der Waals surface area contributed by atoms with Gasteiger partial charge in [-0.3, -0.25) is 9.59 Å². The van der Waals surface area contributed by atoms with Crippen LogP contribution in [0.25, 0.3) is 0 Å². The number of ketones is 1. The van der Waals surface area contributed by atoms with Crippen LogP contribution in [-0.4, -0.2) is 17.9 Å². The number of hydrogen-bond acceptors (Lipinski definition) is 3. The molecule has 2 aliphatic rings. The van der Waals surface area contributed by atoms with Gasteiger partial charge in [-0.05, 0) is 44.1 Å². The number of rotatable bonds is 6. The number of Topliss-reactive ketones (excluding diaryl/α,β-unsaturated/α-hetero) is 1. The van der Waals surface area contributed by atoms with E-state index in [9.17, 15) is 9.59 Å². The van der Waals surface area contributed by atoms with Gasteiger partial charge in [0, 0.05) is 5.57 Å². The highest BCUT2D eigenvalue weighted by Crippen LogP contribution is 2.60. The van der Waals surface area contributed by atoms with E-state index in [1.54, 1.807) is 6.08 Å². The van der Waals surface area contributed by atoms with Crippen LogP contribution in [0.3, 0.4) is 0 Å². The molecule has 1 fully saturated rings. The molecule has 0 bridgehead atoms. The van der Waals surface area contributed by atoms with Crippen molar-refractivity contribution in [3.05, 3.63) is 47.6 Å². The molecule has 0 spiro atoms. The summed E-state index contributed by atoms with van der Waals surface area (Å²) in [5.74, 6) is 0.0175. The largest absolute Gasteiger partial charge is 0.457 e. The van der Waals surface area contributed by atoms with E-state index in [0.29, 0.717) is 6.42 Å². The molecule has 0 radical (unpaired) electrons. The lowest BCUT2D eigenvalue weighted by atomic mass is 10.1. The van der Waals surface area contributed by atoms with Gasteiger partial charge in [-0.1, -0.05) is 50.3 Å². The van der Waals surface area contributed by atoms with Gasteiger partial charge in [0.05, 0.1) is 12.3 Å². The molecule has 130 valence electrons. The predicted molar refractivity (Wildman–Crippen MR) is 96.4 cm³/mol. The van der Waals surface area contributed by atoms with Crippen LogP contribution in [0.5, 0.6) is 0 Å². The van der Waals surface area contributed by atoms with E-state index in [1.807, 2.05) is 32.9 Å². The summed E-state index contributed by atoms with van der Waals surface area (Å²) in [7, 11) is 0. The first-order valence-corrected chi connectivity index (χ1v) is 8.56. The molecule has 0 unspecified atom stereocenters. The topological polar surface area (TPSA) is 43.4 Å². The molecule has 0 amide bonds. The molecule has 3 heteroatoms. The Morgan fingerprint density at radius 3 is 2.62 bits per heavy atom. The second-order valence-corrected chi connectivity index (χ2v) is 7.65. The van der Waals surface area contributed by atoms with E-state index < -0.39 is 6.10 Å². The van der Waals surface area contributed by atoms with E-state index in [2.05, 4.69) is 26.5 Å². The molecule has 0 saturated heterocycles.